The van der Waals surface area contributed by atoms with E-state index in [1.807, 2.05) is 6.92 Å². The number of hydrogen-bond acceptors (Lipinski definition) is 2. The summed E-state index contributed by atoms with van der Waals surface area (Å²) in [7, 11) is 0. The van der Waals surface area contributed by atoms with Crippen molar-refractivity contribution >= 4 is 6.21 Å². The quantitative estimate of drug-likeness (QED) is 0.417. The molecular weight excluding hydrogens is 90.1 g/mol. The van der Waals surface area contributed by atoms with Gasteiger partial charge in [0.15, 0.2) is 0 Å². The van der Waals surface area contributed by atoms with E-state index in [0.29, 0.717) is 6.61 Å². The van der Waals surface area contributed by atoms with Crippen molar-refractivity contribution in [1.29, 1.82) is 5.41 Å². The number of ether oxygens (including phenoxy) is 1. The molecule has 0 aliphatic carbocycles. The summed E-state index contributed by atoms with van der Waals surface area (Å²) in [5.74, 6) is 0. The van der Waals surface area contributed by atoms with Gasteiger partial charge in [-0.05, 0) is 6.42 Å². The molecule has 2 heteroatoms. The molecule has 0 saturated heterocycles. The molecule has 0 atom stereocenters. The van der Waals surface area contributed by atoms with Crippen LogP contribution in [-0.2, 0) is 4.74 Å². The van der Waals surface area contributed by atoms with Crippen LogP contribution in [0.1, 0.15) is 13.3 Å². The molecule has 0 aromatic rings. The van der Waals surface area contributed by atoms with E-state index >= 15 is 0 Å². The smallest absolute Gasteiger partial charge is 0.0811 e. The van der Waals surface area contributed by atoms with Crippen molar-refractivity contribution in [2.75, 3.05) is 13.2 Å². The van der Waals surface area contributed by atoms with E-state index in [2.05, 4.69) is 0 Å². The lowest BCUT2D eigenvalue weighted by molar-refractivity contribution is 0.174. The van der Waals surface area contributed by atoms with Crippen LogP contribution in [0.25, 0.3) is 0 Å². The van der Waals surface area contributed by atoms with Gasteiger partial charge in [-0.2, -0.15) is 0 Å². The third-order valence-corrected chi connectivity index (χ3v) is 0.550. The predicted molar refractivity (Wildman–Crippen MR) is 29.9 cm³/mol. The van der Waals surface area contributed by atoms with Crippen LogP contribution in [0, 0.1) is 5.41 Å². The fraction of sp³-hybridized carbons (Fsp3) is 0.800. The average molecular weight is 101 g/mol. The number of hydrogen-bond donors (Lipinski definition) is 1. The summed E-state index contributed by atoms with van der Waals surface area (Å²) in [5, 5.41) is 6.53. The Morgan fingerprint density at radius 3 is 2.86 bits per heavy atom. The van der Waals surface area contributed by atoms with Gasteiger partial charge in [-0.1, -0.05) is 6.92 Å². The van der Waals surface area contributed by atoms with Gasteiger partial charge in [-0.3, -0.25) is 0 Å². The van der Waals surface area contributed by atoms with Crippen LogP contribution in [0.4, 0.5) is 0 Å². The lowest BCUT2D eigenvalue weighted by Gasteiger charge is -1.92. The molecule has 0 rings (SSSR count). The van der Waals surface area contributed by atoms with Gasteiger partial charge in [-0.15, -0.1) is 0 Å². The molecule has 2 nitrogen and oxygen atoms in total. The normalized spacial score (nSPS) is 8.71. The Kier molecular flexibility index (Phi) is 5.33. The maximum atomic E-state index is 6.53. The molecular formula is C5H11NO. The highest BCUT2D eigenvalue weighted by Gasteiger charge is 1.75. The third kappa shape index (κ3) is 5.63. The molecule has 0 unspecified atom stereocenters. The Labute approximate surface area is 44.0 Å². The molecule has 0 aromatic carbocycles. The van der Waals surface area contributed by atoms with E-state index in [0.717, 1.165) is 13.0 Å². The van der Waals surface area contributed by atoms with Gasteiger partial charge in [0, 0.05) is 12.8 Å². The number of rotatable bonds is 4. The average Bonchev–Trinajstić information content (AvgIpc) is 1.69. The molecule has 0 amide bonds. The highest BCUT2D eigenvalue weighted by molar-refractivity contribution is 5.53. The molecule has 1 N–H and O–H groups in total. The molecule has 0 spiro atoms. The first kappa shape index (κ1) is 6.63. The van der Waals surface area contributed by atoms with E-state index in [4.69, 9.17) is 10.1 Å². The molecule has 0 fully saturated rings. The van der Waals surface area contributed by atoms with Crippen LogP contribution >= 0.6 is 0 Å². The van der Waals surface area contributed by atoms with Crippen LogP contribution in [0.5, 0.6) is 0 Å². The molecule has 0 aliphatic rings. The summed E-state index contributed by atoms with van der Waals surface area (Å²) >= 11 is 0. The summed E-state index contributed by atoms with van der Waals surface area (Å²) in [6.45, 7) is 3.28. The van der Waals surface area contributed by atoms with Crippen molar-refractivity contribution in [2.24, 2.45) is 0 Å². The van der Waals surface area contributed by atoms with Crippen molar-refractivity contribution in [2.45, 2.75) is 13.3 Å². The minimum absolute atomic E-state index is 0.466. The van der Waals surface area contributed by atoms with Crippen molar-refractivity contribution in [3.05, 3.63) is 0 Å². The van der Waals surface area contributed by atoms with Crippen LogP contribution in [0.15, 0.2) is 0 Å². The summed E-state index contributed by atoms with van der Waals surface area (Å²) in [6, 6.07) is 0. The molecule has 0 aliphatic heterocycles. The zero-order valence-corrected chi connectivity index (χ0v) is 4.61. The van der Waals surface area contributed by atoms with Gasteiger partial charge in [0.05, 0.1) is 6.61 Å². The summed E-state index contributed by atoms with van der Waals surface area (Å²) in [6.07, 6.45) is 2.30. The molecule has 7 heavy (non-hydrogen) atoms. The van der Waals surface area contributed by atoms with Crippen LogP contribution in [0.3, 0.4) is 0 Å². The minimum Gasteiger partial charge on any atom is -0.376 e. The lowest BCUT2D eigenvalue weighted by atomic mass is 10.5. The van der Waals surface area contributed by atoms with E-state index in [1.54, 1.807) is 0 Å². The van der Waals surface area contributed by atoms with Crippen molar-refractivity contribution in [3.8, 4) is 0 Å². The fourth-order valence-electron chi connectivity index (χ4n) is 0.287. The fourth-order valence-corrected chi connectivity index (χ4v) is 0.287. The van der Waals surface area contributed by atoms with Crippen LogP contribution in [0.2, 0.25) is 0 Å². The maximum Gasteiger partial charge on any atom is 0.0811 e. The SMILES string of the molecule is CCCOCC=N. The van der Waals surface area contributed by atoms with E-state index in [1.165, 1.54) is 6.21 Å². The monoisotopic (exact) mass is 101 g/mol. The Morgan fingerprint density at radius 1 is 1.71 bits per heavy atom. The van der Waals surface area contributed by atoms with Gasteiger partial charge >= 0.3 is 0 Å². The molecule has 0 bridgehead atoms. The first-order valence-electron chi connectivity index (χ1n) is 2.48. The van der Waals surface area contributed by atoms with Gasteiger partial charge in [0.2, 0.25) is 0 Å². The zero-order valence-electron chi connectivity index (χ0n) is 4.61. The molecule has 42 valence electrons. The second-order valence-electron chi connectivity index (χ2n) is 1.28. The van der Waals surface area contributed by atoms with Crippen LogP contribution < -0.4 is 0 Å². The Balaban J connectivity index is 2.56. The van der Waals surface area contributed by atoms with Gasteiger partial charge < -0.3 is 10.1 Å². The number of nitrogens with one attached hydrogen (secondary N) is 1. The minimum atomic E-state index is 0.466. The highest BCUT2D eigenvalue weighted by Crippen LogP contribution is 1.75. The predicted octanol–water partition coefficient (Wildman–Crippen LogP) is 1.06. The Hall–Kier alpha value is -0.370. The maximum absolute atomic E-state index is 6.53. The topological polar surface area (TPSA) is 33.1 Å². The molecule has 0 heterocycles. The van der Waals surface area contributed by atoms with Crippen LogP contribution in [-0.4, -0.2) is 19.4 Å². The third-order valence-electron chi connectivity index (χ3n) is 0.550. The standard InChI is InChI=1S/C5H11NO/c1-2-4-7-5-3-6/h3,6H,2,4-5H2,1H3. The first-order valence-corrected chi connectivity index (χ1v) is 2.48. The highest BCUT2D eigenvalue weighted by atomic mass is 16.5. The zero-order chi connectivity index (χ0) is 5.54. The van der Waals surface area contributed by atoms with Crippen molar-refractivity contribution in [1.82, 2.24) is 0 Å². The summed E-state index contributed by atoms with van der Waals surface area (Å²) in [4.78, 5) is 0. The summed E-state index contributed by atoms with van der Waals surface area (Å²) < 4.78 is 4.89. The van der Waals surface area contributed by atoms with Gasteiger partial charge in [0.1, 0.15) is 0 Å². The van der Waals surface area contributed by atoms with Crippen molar-refractivity contribution in [3.63, 3.8) is 0 Å². The second-order valence-corrected chi connectivity index (χ2v) is 1.28. The van der Waals surface area contributed by atoms with E-state index < -0.39 is 0 Å². The summed E-state index contributed by atoms with van der Waals surface area (Å²) in [5.41, 5.74) is 0. The molecule has 0 radical (unpaired) electrons. The van der Waals surface area contributed by atoms with E-state index in [-0.39, 0.29) is 0 Å². The Morgan fingerprint density at radius 2 is 2.43 bits per heavy atom. The van der Waals surface area contributed by atoms with E-state index in [9.17, 15) is 0 Å². The largest absolute Gasteiger partial charge is 0.376 e. The van der Waals surface area contributed by atoms with Gasteiger partial charge in [0.25, 0.3) is 0 Å². The Bertz CT molecular complexity index is 45.3. The van der Waals surface area contributed by atoms with Crippen molar-refractivity contribution < 1.29 is 4.74 Å². The molecule has 0 aromatic heterocycles. The van der Waals surface area contributed by atoms with Gasteiger partial charge in [-0.25, -0.2) is 0 Å². The second kappa shape index (κ2) is 5.63. The first-order chi connectivity index (χ1) is 3.41. The molecule has 0 saturated carbocycles. The lowest BCUT2D eigenvalue weighted by Crippen LogP contribution is -1.94.